The molecule has 1 aromatic rings. The number of hydrogen-bond acceptors (Lipinski definition) is 3. The predicted molar refractivity (Wildman–Crippen MR) is 57.6 cm³/mol. The molecule has 0 aliphatic rings. The molecule has 0 saturated heterocycles. The Hall–Kier alpha value is -1.42. The Labute approximate surface area is 89.0 Å². The lowest BCUT2D eigenvalue weighted by atomic mass is 10.2. The molecule has 82 valence electrons. The summed E-state index contributed by atoms with van der Waals surface area (Å²) in [5, 5.41) is 10.4. The third kappa shape index (κ3) is 4.08. The molecule has 0 aliphatic carbocycles. The van der Waals surface area contributed by atoms with E-state index in [-0.39, 0.29) is 11.3 Å². The van der Waals surface area contributed by atoms with Crippen molar-refractivity contribution in [3.63, 3.8) is 0 Å². The zero-order chi connectivity index (χ0) is 11.5. The minimum atomic E-state index is -0.408. The van der Waals surface area contributed by atoms with Crippen LogP contribution in [-0.4, -0.2) is 10.5 Å². The van der Waals surface area contributed by atoms with Crippen molar-refractivity contribution >= 4 is 5.69 Å². The Morgan fingerprint density at radius 3 is 2.20 bits per heavy atom. The summed E-state index contributed by atoms with van der Waals surface area (Å²) < 4.78 is 5.55. The van der Waals surface area contributed by atoms with E-state index in [1.807, 2.05) is 20.8 Å². The molecule has 0 amide bonds. The number of nitro groups is 1. The quantitative estimate of drug-likeness (QED) is 0.568. The van der Waals surface area contributed by atoms with Crippen LogP contribution in [0.5, 0.6) is 0 Å². The summed E-state index contributed by atoms with van der Waals surface area (Å²) in [6.07, 6.45) is 0. The Morgan fingerprint density at radius 2 is 1.80 bits per heavy atom. The average Bonchev–Trinajstić information content (AvgIpc) is 2.14. The summed E-state index contributed by atoms with van der Waals surface area (Å²) in [5.74, 6) is 0. The minimum absolute atomic E-state index is 0.106. The first-order valence-electron chi connectivity index (χ1n) is 4.76. The van der Waals surface area contributed by atoms with Crippen LogP contribution in [0.2, 0.25) is 0 Å². The van der Waals surface area contributed by atoms with Gasteiger partial charge in [-0.1, -0.05) is 0 Å². The maximum Gasteiger partial charge on any atom is 0.269 e. The molecule has 0 aromatic heterocycles. The Bertz CT molecular complexity index is 338. The largest absolute Gasteiger partial charge is 0.371 e. The fourth-order valence-corrected chi connectivity index (χ4v) is 1.01. The third-order valence-corrected chi connectivity index (χ3v) is 1.82. The standard InChI is InChI=1S/C11H15NO3/c1-11(2,3)15-8-9-4-6-10(7-5-9)12(13)14/h4-7H,8H2,1-3H3. The molecule has 0 unspecified atom stereocenters. The minimum Gasteiger partial charge on any atom is -0.371 e. The van der Waals surface area contributed by atoms with Crippen molar-refractivity contribution in [2.75, 3.05) is 0 Å². The van der Waals surface area contributed by atoms with Gasteiger partial charge in [-0.3, -0.25) is 10.1 Å². The van der Waals surface area contributed by atoms with Crippen LogP contribution in [0.15, 0.2) is 24.3 Å². The molecule has 0 aliphatic heterocycles. The van der Waals surface area contributed by atoms with E-state index in [4.69, 9.17) is 4.74 Å². The molecule has 0 saturated carbocycles. The third-order valence-electron chi connectivity index (χ3n) is 1.82. The molecule has 0 heterocycles. The Kier molecular flexibility index (Phi) is 3.42. The maximum atomic E-state index is 10.4. The van der Waals surface area contributed by atoms with Crippen LogP contribution in [0.1, 0.15) is 26.3 Å². The summed E-state index contributed by atoms with van der Waals surface area (Å²) in [6, 6.07) is 6.40. The first-order chi connectivity index (χ1) is 6.88. The number of ether oxygens (including phenoxy) is 1. The average molecular weight is 209 g/mol. The van der Waals surface area contributed by atoms with Crippen molar-refractivity contribution in [1.29, 1.82) is 0 Å². The molecule has 0 spiro atoms. The van der Waals surface area contributed by atoms with Crippen LogP contribution in [0.3, 0.4) is 0 Å². The molecule has 0 atom stereocenters. The molecule has 0 N–H and O–H groups in total. The fourth-order valence-electron chi connectivity index (χ4n) is 1.01. The van der Waals surface area contributed by atoms with Crippen LogP contribution in [0.4, 0.5) is 5.69 Å². The normalized spacial score (nSPS) is 11.4. The van der Waals surface area contributed by atoms with Crippen molar-refractivity contribution < 1.29 is 9.66 Å². The molecular weight excluding hydrogens is 194 g/mol. The maximum absolute atomic E-state index is 10.4. The van der Waals surface area contributed by atoms with Crippen molar-refractivity contribution in [3.05, 3.63) is 39.9 Å². The predicted octanol–water partition coefficient (Wildman–Crippen LogP) is 2.91. The van der Waals surface area contributed by atoms with Gasteiger partial charge in [0.2, 0.25) is 0 Å². The fraction of sp³-hybridized carbons (Fsp3) is 0.455. The highest BCUT2D eigenvalue weighted by Crippen LogP contribution is 2.15. The van der Waals surface area contributed by atoms with Crippen LogP contribution < -0.4 is 0 Å². The number of non-ortho nitro benzene ring substituents is 1. The van der Waals surface area contributed by atoms with Gasteiger partial charge in [0.15, 0.2) is 0 Å². The topological polar surface area (TPSA) is 52.4 Å². The van der Waals surface area contributed by atoms with Gasteiger partial charge in [0, 0.05) is 12.1 Å². The zero-order valence-corrected chi connectivity index (χ0v) is 9.19. The summed E-state index contributed by atoms with van der Waals surface area (Å²) in [6.45, 7) is 6.39. The van der Waals surface area contributed by atoms with Crippen molar-refractivity contribution in [2.45, 2.75) is 33.0 Å². The second kappa shape index (κ2) is 4.40. The van der Waals surface area contributed by atoms with E-state index in [1.54, 1.807) is 12.1 Å². The van der Waals surface area contributed by atoms with Gasteiger partial charge >= 0.3 is 0 Å². The van der Waals surface area contributed by atoms with Crippen LogP contribution >= 0.6 is 0 Å². The van der Waals surface area contributed by atoms with Gasteiger partial charge in [0.25, 0.3) is 5.69 Å². The molecule has 1 aromatic carbocycles. The van der Waals surface area contributed by atoms with E-state index in [0.717, 1.165) is 5.56 Å². The van der Waals surface area contributed by atoms with Gasteiger partial charge in [-0.25, -0.2) is 0 Å². The summed E-state index contributed by atoms with van der Waals surface area (Å²) >= 11 is 0. The molecule has 4 heteroatoms. The van der Waals surface area contributed by atoms with E-state index in [9.17, 15) is 10.1 Å². The van der Waals surface area contributed by atoms with Gasteiger partial charge in [0.1, 0.15) is 0 Å². The van der Waals surface area contributed by atoms with E-state index in [0.29, 0.717) is 6.61 Å². The van der Waals surface area contributed by atoms with Gasteiger partial charge < -0.3 is 4.74 Å². The van der Waals surface area contributed by atoms with E-state index in [2.05, 4.69) is 0 Å². The highest BCUT2D eigenvalue weighted by Gasteiger charge is 2.10. The highest BCUT2D eigenvalue weighted by atomic mass is 16.6. The number of benzene rings is 1. The van der Waals surface area contributed by atoms with Gasteiger partial charge in [0.05, 0.1) is 17.1 Å². The molecule has 0 bridgehead atoms. The molecular formula is C11H15NO3. The molecule has 0 fully saturated rings. The second-order valence-corrected chi connectivity index (χ2v) is 4.32. The highest BCUT2D eigenvalue weighted by molar-refractivity contribution is 5.32. The number of hydrogen-bond donors (Lipinski definition) is 0. The van der Waals surface area contributed by atoms with Crippen molar-refractivity contribution in [3.8, 4) is 0 Å². The number of nitro benzene ring substituents is 1. The zero-order valence-electron chi connectivity index (χ0n) is 9.19. The number of nitrogens with zero attached hydrogens (tertiary/aromatic N) is 1. The SMILES string of the molecule is CC(C)(C)OCc1ccc([N+](=O)[O-])cc1. The second-order valence-electron chi connectivity index (χ2n) is 4.32. The summed E-state index contributed by atoms with van der Waals surface area (Å²) in [4.78, 5) is 10.00. The number of rotatable bonds is 3. The van der Waals surface area contributed by atoms with Crippen LogP contribution in [0.25, 0.3) is 0 Å². The summed E-state index contributed by atoms with van der Waals surface area (Å²) in [7, 11) is 0. The molecule has 0 radical (unpaired) electrons. The van der Waals surface area contributed by atoms with Gasteiger partial charge in [-0.05, 0) is 38.5 Å². The lowest BCUT2D eigenvalue weighted by Crippen LogP contribution is -2.18. The van der Waals surface area contributed by atoms with Crippen molar-refractivity contribution in [1.82, 2.24) is 0 Å². The van der Waals surface area contributed by atoms with E-state index in [1.165, 1.54) is 12.1 Å². The molecule has 4 nitrogen and oxygen atoms in total. The van der Waals surface area contributed by atoms with Gasteiger partial charge in [-0.2, -0.15) is 0 Å². The first-order valence-corrected chi connectivity index (χ1v) is 4.76. The Balaban J connectivity index is 2.61. The van der Waals surface area contributed by atoms with E-state index >= 15 is 0 Å². The smallest absolute Gasteiger partial charge is 0.269 e. The first kappa shape index (κ1) is 11.7. The monoisotopic (exact) mass is 209 g/mol. The van der Waals surface area contributed by atoms with Crippen LogP contribution in [-0.2, 0) is 11.3 Å². The molecule has 15 heavy (non-hydrogen) atoms. The van der Waals surface area contributed by atoms with Crippen molar-refractivity contribution in [2.24, 2.45) is 0 Å². The van der Waals surface area contributed by atoms with E-state index < -0.39 is 4.92 Å². The lowest BCUT2D eigenvalue weighted by Gasteiger charge is -2.19. The summed E-state index contributed by atoms with van der Waals surface area (Å²) in [5.41, 5.74) is 0.854. The lowest BCUT2D eigenvalue weighted by molar-refractivity contribution is -0.384. The molecule has 1 rings (SSSR count). The van der Waals surface area contributed by atoms with Crippen LogP contribution in [0, 0.1) is 10.1 Å². The van der Waals surface area contributed by atoms with Gasteiger partial charge in [-0.15, -0.1) is 0 Å². The Morgan fingerprint density at radius 1 is 1.27 bits per heavy atom.